The molecule has 0 aliphatic heterocycles. The zero-order valence-corrected chi connectivity index (χ0v) is 10.4. The van der Waals surface area contributed by atoms with Crippen molar-refractivity contribution in [1.82, 2.24) is 4.90 Å². The van der Waals surface area contributed by atoms with Crippen molar-refractivity contribution in [1.29, 1.82) is 0 Å². The smallest absolute Gasteiger partial charge is 0.321 e. The van der Waals surface area contributed by atoms with Gasteiger partial charge in [-0.3, -0.25) is 0 Å². The lowest BCUT2D eigenvalue weighted by atomic mass is 10.3. The van der Waals surface area contributed by atoms with Crippen LogP contribution in [0.3, 0.4) is 0 Å². The average Bonchev–Trinajstić information content (AvgIpc) is 2.24. The third-order valence-corrected chi connectivity index (χ3v) is 2.61. The first-order valence-electron chi connectivity index (χ1n) is 4.62. The number of rotatable bonds is 2. The van der Waals surface area contributed by atoms with Gasteiger partial charge in [0.2, 0.25) is 0 Å². The van der Waals surface area contributed by atoms with E-state index in [-0.39, 0.29) is 16.1 Å². The van der Waals surface area contributed by atoms with Gasteiger partial charge in [0.15, 0.2) is 5.82 Å². The van der Waals surface area contributed by atoms with Crippen molar-refractivity contribution in [2.75, 3.05) is 18.9 Å². The van der Waals surface area contributed by atoms with Gasteiger partial charge in [0.1, 0.15) is 0 Å². The number of anilines is 1. The second-order valence-electron chi connectivity index (χ2n) is 3.20. The summed E-state index contributed by atoms with van der Waals surface area (Å²) in [6, 6.07) is 2.31. The Kier molecular flexibility index (Phi) is 4.38. The molecule has 1 aromatic carbocycles. The average molecular weight is 265 g/mol. The zero-order chi connectivity index (χ0) is 12.3. The molecule has 0 fully saturated rings. The quantitative estimate of drug-likeness (QED) is 0.814. The molecule has 3 nitrogen and oxygen atoms in total. The van der Waals surface area contributed by atoms with Crippen LogP contribution in [0.1, 0.15) is 6.92 Å². The summed E-state index contributed by atoms with van der Waals surface area (Å²) < 4.78 is 13.1. The van der Waals surface area contributed by atoms with E-state index < -0.39 is 5.82 Å². The molecule has 16 heavy (non-hydrogen) atoms. The number of hydrogen-bond acceptors (Lipinski definition) is 1. The van der Waals surface area contributed by atoms with Crippen LogP contribution in [-0.4, -0.2) is 24.5 Å². The van der Waals surface area contributed by atoms with Crippen molar-refractivity contribution in [3.8, 4) is 0 Å². The molecule has 0 saturated carbocycles. The molecule has 0 unspecified atom stereocenters. The first kappa shape index (κ1) is 13.1. The summed E-state index contributed by atoms with van der Waals surface area (Å²) in [5.41, 5.74) is 0.363. The second-order valence-corrected chi connectivity index (χ2v) is 4.01. The summed E-state index contributed by atoms with van der Waals surface area (Å²) >= 11 is 11.2. The van der Waals surface area contributed by atoms with Gasteiger partial charge >= 0.3 is 6.03 Å². The van der Waals surface area contributed by atoms with E-state index in [0.29, 0.717) is 12.2 Å². The van der Waals surface area contributed by atoms with E-state index in [1.165, 1.54) is 17.0 Å². The van der Waals surface area contributed by atoms with E-state index in [1.54, 1.807) is 7.05 Å². The lowest BCUT2D eigenvalue weighted by Gasteiger charge is -2.15. The molecule has 0 bridgehead atoms. The van der Waals surface area contributed by atoms with E-state index in [4.69, 9.17) is 23.2 Å². The molecule has 0 aromatic heterocycles. The van der Waals surface area contributed by atoms with Crippen LogP contribution >= 0.6 is 23.2 Å². The lowest BCUT2D eigenvalue weighted by Crippen LogP contribution is -2.30. The Morgan fingerprint density at radius 3 is 2.38 bits per heavy atom. The van der Waals surface area contributed by atoms with Crippen LogP contribution in [0.25, 0.3) is 0 Å². The fourth-order valence-electron chi connectivity index (χ4n) is 0.990. The Labute approximate surface area is 103 Å². The number of hydrogen-bond donors (Lipinski definition) is 1. The third kappa shape index (κ3) is 3.00. The number of carbonyl (C=O) groups is 1. The standard InChI is InChI=1S/C10H11Cl2FN2O/c1-3-15(2)10(16)14-6-4-7(11)9(13)8(12)5-6/h4-5H,3H2,1-2H3,(H,14,16). The van der Waals surface area contributed by atoms with Crippen LogP contribution in [0.2, 0.25) is 10.0 Å². The Balaban J connectivity index is 2.87. The molecule has 1 N–H and O–H groups in total. The van der Waals surface area contributed by atoms with Crippen LogP contribution in [0.15, 0.2) is 12.1 Å². The molecule has 0 radical (unpaired) electrons. The molecule has 88 valence electrons. The molecule has 0 aliphatic carbocycles. The molecule has 6 heteroatoms. The van der Waals surface area contributed by atoms with Crippen LogP contribution in [0.4, 0.5) is 14.9 Å². The van der Waals surface area contributed by atoms with Gasteiger partial charge in [-0.25, -0.2) is 9.18 Å². The molecule has 0 heterocycles. The summed E-state index contributed by atoms with van der Waals surface area (Å²) in [7, 11) is 1.64. The molecule has 2 amide bonds. The van der Waals surface area contributed by atoms with E-state index in [1.807, 2.05) is 6.92 Å². The highest BCUT2D eigenvalue weighted by Gasteiger charge is 2.11. The second kappa shape index (κ2) is 5.37. The monoisotopic (exact) mass is 264 g/mol. The van der Waals surface area contributed by atoms with Crippen LogP contribution in [-0.2, 0) is 0 Å². The normalized spacial score (nSPS) is 10.1. The molecular formula is C10H11Cl2FN2O. The van der Waals surface area contributed by atoms with Gasteiger partial charge in [-0.2, -0.15) is 0 Å². The first-order chi connectivity index (χ1) is 7.45. The molecule has 0 spiro atoms. The maximum Gasteiger partial charge on any atom is 0.321 e. The van der Waals surface area contributed by atoms with Crippen LogP contribution < -0.4 is 5.32 Å². The SMILES string of the molecule is CCN(C)C(=O)Nc1cc(Cl)c(F)c(Cl)c1. The fraction of sp³-hybridized carbons (Fsp3) is 0.300. The Hall–Kier alpha value is -1.00. The van der Waals surface area contributed by atoms with Crippen molar-refractivity contribution in [3.05, 3.63) is 28.0 Å². The number of halogens is 3. The minimum absolute atomic E-state index is 0.123. The predicted molar refractivity (Wildman–Crippen MR) is 63.7 cm³/mol. The van der Waals surface area contributed by atoms with Gasteiger partial charge in [0, 0.05) is 19.3 Å². The number of nitrogens with one attached hydrogen (secondary N) is 1. The maximum absolute atomic E-state index is 13.1. The first-order valence-corrected chi connectivity index (χ1v) is 5.38. The summed E-state index contributed by atoms with van der Waals surface area (Å²) in [4.78, 5) is 12.9. The van der Waals surface area contributed by atoms with Crippen molar-refractivity contribution in [2.24, 2.45) is 0 Å². The van der Waals surface area contributed by atoms with Gasteiger partial charge in [-0.05, 0) is 19.1 Å². The van der Waals surface area contributed by atoms with Gasteiger partial charge in [0.25, 0.3) is 0 Å². The molecule has 0 aliphatic rings. The number of urea groups is 1. The Morgan fingerprint density at radius 2 is 1.94 bits per heavy atom. The van der Waals surface area contributed by atoms with Crippen molar-refractivity contribution >= 4 is 34.9 Å². The van der Waals surface area contributed by atoms with Gasteiger partial charge in [0.05, 0.1) is 10.0 Å². The van der Waals surface area contributed by atoms with Crippen molar-refractivity contribution < 1.29 is 9.18 Å². The fourth-order valence-corrected chi connectivity index (χ4v) is 1.48. The Bertz CT molecular complexity index is 389. The van der Waals surface area contributed by atoms with Crippen LogP contribution in [0, 0.1) is 5.82 Å². The van der Waals surface area contributed by atoms with Gasteiger partial charge in [-0.1, -0.05) is 23.2 Å². The highest BCUT2D eigenvalue weighted by molar-refractivity contribution is 6.35. The molecule has 1 aromatic rings. The van der Waals surface area contributed by atoms with Crippen molar-refractivity contribution in [3.63, 3.8) is 0 Å². The van der Waals surface area contributed by atoms with Gasteiger partial charge in [-0.15, -0.1) is 0 Å². The summed E-state index contributed by atoms with van der Waals surface area (Å²) in [5.74, 6) is -0.690. The van der Waals surface area contributed by atoms with Crippen molar-refractivity contribution in [2.45, 2.75) is 6.92 Å². The number of carbonyl (C=O) groups excluding carboxylic acids is 1. The van der Waals surface area contributed by atoms with Gasteiger partial charge < -0.3 is 10.2 Å². The molecule has 0 atom stereocenters. The van der Waals surface area contributed by atoms with E-state index in [9.17, 15) is 9.18 Å². The molecule has 1 rings (SSSR count). The highest BCUT2D eigenvalue weighted by atomic mass is 35.5. The highest BCUT2D eigenvalue weighted by Crippen LogP contribution is 2.27. The summed E-state index contributed by atoms with van der Waals surface area (Å²) in [5, 5.41) is 2.31. The van der Waals surface area contributed by atoms with Crippen LogP contribution in [0.5, 0.6) is 0 Å². The van der Waals surface area contributed by atoms with E-state index in [0.717, 1.165) is 0 Å². The molecular weight excluding hydrogens is 254 g/mol. The van der Waals surface area contributed by atoms with E-state index in [2.05, 4.69) is 5.32 Å². The predicted octanol–water partition coefficient (Wildman–Crippen LogP) is 3.62. The maximum atomic E-state index is 13.1. The van der Waals surface area contributed by atoms with E-state index >= 15 is 0 Å². The summed E-state index contributed by atoms with van der Waals surface area (Å²) in [6.45, 7) is 2.40. The lowest BCUT2D eigenvalue weighted by molar-refractivity contribution is 0.224. The number of benzene rings is 1. The number of amides is 2. The topological polar surface area (TPSA) is 32.3 Å². The minimum Gasteiger partial charge on any atom is -0.328 e. The molecule has 0 saturated heterocycles. The zero-order valence-electron chi connectivity index (χ0n) is 8.85. The number of nitrogens with zero attached hydrogens (tertiary/aromatic N) is 1. The summed E-state index contributed by atoms with van der Waals surface area (Å²) in [6.07, 6.45) is 0. The Morgan fingerprint density at radius 1 is 1.44 bits per heavy atom. The third-order valence-electron chi connectivity index (χ3n) is 2.06. The minimum atomic E-state index is -0.690. The largest absolute Gasteiger partial charge is 0.328 e.